The molecule has 11 nitrogen and oxygen atoms in total. The van der Waals surface area contributed by atoms with Crippen molar-refractivity contribution in [3.05, 3.63) is 87.1 Å². The van der Waals surface area contributed by atoms with E-state index in [4.69, 9.17) is 25.8 Å². The number of esters is 2. The Hall–Kier alpha value is -3.62. The minimum atomic E-state index is -2.16. The summed E-state index contributed by atoms with van der Waals surface area (Å²) < 4.78 is 19.7. The maximum atomic E-state index is 13.4. The van der Waals surface area contributed by atoms with Crippen molar-refractivity contribution in [3.63, 3.8) is 0 Å². The number of rotatable bonds is 7. The fourth-order valence-electron chi connectivity index (χ4n) is 4.20. The number of likely N-dealkylation sites (N-methyl/N-ethyl adjacent to an activating group) is 1. The summed E-state index contributed by atoms with van der Waals surface area (Å²) in [7, 11) is 0. The topological polar surface area (TPSA) is 135 Å². The van der Waals surface area contributed by atoms with E-state index in [0.29, 0.717) is 6.54 Å². The first kappa shape index (κ1) is 27.0. The number of nitrogens with zero attached hydrogens (tertiary/aromatic N) is 4. The van der Waals surface area contributed by atoms with Crippen LogP contribution in [0.25, 0.3) is 11.2 Å². The lowest BCUT2D eigenvalue weighted by molar-refractivity contribution is -0.278. The zero-order valence-electron chi connectivity index (χ0n) is 20.4. The van der Waals surface area contributed by atoms with Gasteiger partial charge in [-0.05, 0) is 31.2 Å². The van der Waals surface area contributed by atoms with Gasteiger partial charge in [-0.25, -0.2) is 29.1 Å². The van der Waals surface area contributed by atoms with Gasteiger partial charge in [0.15, 0.2) is 20.7 Å². The van der Waals surface area contributed by atoms with Gasteiger partial charge >= 0.3 is 17.8 Å². The summed E-state index contributed by atoms with van der Waals surface area (Å²) in [6.45, 7) is 2.09. The van der Waals surface area contributed by atoms with Gasteiger partial charge in [-0.2, -0.15) is 0 Å². The number of imidazole rings is 1. The van der Waals surface area contributed by atoms with Gasteiger partial charge in [0.1, 0.15) is 17.9 Å². The lowest BCUT2D eigenvalue weighted by Crippen LogP contribution is -2.49. The number of carbonyl (C=O) groups is 3. The van der Waals surface area contributed by atoms with Crippen LogP contribution >= 0.6 is 34.2 Å². The molecule has 1 aliphatic rings. The molecule has 0 saturated carbocycles. The van der Waals surface area contributed by atoms with E-state index < -0.39 is 36.0 Å². The van der Waals surface area contributed by atoms with E-state index in [2.05, 4.69) is 20.3 Å². The van der Waals surface area contributed by atoms with Crippen LogP contribution in [0.1, 0.15) is 34.1 Å². The number of aromatic nitrogens is 4. The van der Waals surface area contributed by atoms with E-state index >= 15 is 0 Å². The highest BCUT2D eigenvalue weighted by atomic mass is 127. The second kappa shape index (κ2) is 11.2. The summed E-state index contributed by atoms with van der Waals surface area (Å²) >= 11 is 8.20. The molecule has 39 heavy (non-hydrogen) atoms. The minimum absolute atomic E-state index is 0.0591. The summed E-state index contributed by atoms with van der Waals surface area (Å²) in [6.07, 6.45) is -1.25. The van der Waals surface area contributed by atoms with Crippen molar-refractivity contribution in [2.45, 2.75) is 31.5 Å². The first-order valence-corrected chi connectivity index (χ1v) is 13.3. The summed E-state index contributed by atoms with van der Waals surface area (Å²) in [5.74, 6) is -4.12. The average Bonchev–Trinajstić information content (AvgIpc) is 3.52. The van der Waals surface area contributed by atoms with Crippen LogP contribution in [0.4, 0.5) is 0 Å². The summed E-state index contributed by atoms with van der Waals surface area (Å²) in [4.78, 5) is 52.4. The zero-order chi connectivity index (χ0) is 27.6. The number of halogens is 2. The fraction of sp³-hybridized carbons (Fsp3) is 0.231. The first-order chi connectivity index (χ1) is 18.8. The smallest absolute Gasteiger partial charge is 0.343 e. The van der Waals surface area contributed by atoms with Gasteiger partial charge in [-0.15, -0.1) is 0 Å². The monoisotopic (exact) mass is 661 g/mol. The molecule has 13 heteroatoms. The Labute approximate surface area is 241 Å². The number of carbonyl (C=O) groups excluding carboxylic acids is 3. The molecule has 3 unspecified atom stereocenters. The van der Waals surface area contributed by atoms with Gasteiger partial charge in [0.2, 0.25) is 5.91 Å². The molecule has 200 valence electrons. The van der Waals surface area contributed by atoms with E-state index in [9.17, 15) is 14.4 Å². The Balaban J connectivity index is 1.66. The van der Waals surface area contributed by atoms with Crippen LogP contribution in [-0.4, -0.2) is 56.1 Å². The number of benzene rings is 2. The number of ether oxygens (including phenoxy) is 3. The van der Waals surface area contributed by atoms with Crippen LogP contribution in [0.3, 0.4) is 0 Å². The number of fused-ring (bicyclic) bond motifs is 1. The molecule has 1 saturated heterocycles. The fourth-order valence-corrected chi connectivity index (χ4v) is 5.03. The number of amides is 1. The van der Waals surface area contributed by atoms with Crippen molar-refractivity contribution in [3.8, 4) is 0 Å². The molecule has 0 radical (unpaired) electrons. The quantitative estimate of drug-likeness (QED) is 0.136. The second-order valence-electron chi connectivity index (χ2n) is 8.45. The van der Waals surface area contributed by atoms with Gasteiger partial charge in [0.05, 0.1) is 11.1 Å². The molecule has 3 heterocycles. The molecule has 1 aliphatic heterocycles. The Morgan fingerprint density at radius 1 is 1.08 bits per heavy atom. The van der Waals surface area contributed by atoms with E-state index in [-0.39, 0.29) is 37.7 Å². The predicted octanol–water partition coefficient (Wildman–Crippen LogP) is 3.70. The molecule has 1 amide bonds. The normalized spacial score (nSPS) is 20.5. The highest BCUT2D eigenvalue weighted by Gasteiger charge is 2.59. The number of hydrogen-bond donors (Lipinski definition) is 1. The average molecular weight is 662 g/mol. The van der Waals surface area contributed by atoms with Gasteiger partial charge in [0.25, 0.3) is 0 Å². The third-order valence-electron chi connectivity index (χ3n) is 5.96. The molecule has 4 aromatic rings. The molecule has 1 N–H and O–H groups in total. The summed E-state index contributed by atoms with van der Waals surface area (Å²) in [6, 6.07) is 16.5. The van der Waals surface area contributed by atoms with Gasteiger partial charge in [-0.3, -0.25) is 4.79 Å². The second-order valence-corrected chi connectivity index (χ2v) is 9.78. The summed E-state index contributed by atoms with van der Waals surface area (Å²) in [5.41, 5.74) is 0.822. The van der Waals surface area contributed by atoms with E-state index in [1.807, 2.05) is 22.6 Å². The first-order valence-electron chi connectivity index (χ1n) is 11.9. The highest BCUT2D eigenvalue weighted by Crippen LogP contribution is 2.42. The maximum Gasteiger partial charge on any atom is 0.343 e. The van der Waals surface area contributed by atoms with Crippen molar-refractivity contribution in [1.82, 2.24) is 24.8 Å². The predicted molar refractivity (Wildman–Crippen MR) is 147 cm³/mol. The van der Waals surface area contributed by atoms with E-state index in [1.165, 1.54) is 10.9 Å². The Kier molecular flexibility index (Phi) is 7.77. The summed E-state index contributed by atoms with van der Waals surface area (Å²) in [5, 5.41) is 2.76. The molecule has 1 fully saturated rings. The van der Waals surface area contributed by atoms with Crippen LogP contribution in [0, 0.1) is 3.83 Å². The van der Waals surface area contributed by atoms with E-state index in [1.54, 1.807) is 67.6 Å². The minimum Gasteiger partial charge on any atom is -0.449 e. The molecule has 2 aromatic carbocycles. The van der Waals surface area contributed by atoms with Crippen LogP contribution in [0.5, 0.6) is 0 Å². The molecule has 0 bridgehead atoms. The maximum absolute atomic E-state index is 13.4. The zero-order valence-corrected chi connectivity index (χ0v) is 23.3. The van der Waals surface area contributed by atoms with Gasteiger partial charge < -0.3 is 19.5 Å². The number of nitrogens with one attached hydrogen (secondary N) is 1. The van der Waals surface area contributed by atoms with Crippen molar-refractivity contribution in [1.29, 1.82) is 0 Å². The molecule has 3 atom stereocenters. The van der Waals surface area contributed by atoms with Gasteiger partial charge in [0, 0.05) is 35.6 Å². The molecule has 5 rings (SSSR count). The van der Waals surface area contributed by atoms with Crippen molar-refractivity contribution in [2.75, 3.05) is 6.54 Å². The van der Waals surface area contributed by atoms with Crippen LogP contribution in [-0.2, 0) is 24.9 Å². The molecular weight excluding hydrogens is 641 g/mol. The van der Waals surface area contributed by atoms with E-state index in [0.717, 1.165) is 0 Å². The lowest BCUT2D eigenvalue weighted by Gasteiger charge is -2.34. The standard InChI is InChI=1S/C26H21ClIN5O6/c1-2-29-22(34)17-13-18(37-23(35)15-9-5-3-6-10-15)26(38-17,39-24(36)16-11-7-4-8-12-16)33-14-30-19-20(27)31-25(28)32-21(19)33/h3-12,14,17-18H,2,13H2,1H3,(H,29,34). The van der Waals surface area contributed by atoms with Crippen molar-refractivity contribution in [2.24, 2.45) is 0 Å². The SMILES string of the molecule is CCNC(=O)C1CC(OC(=O)c2ccccc2)C(OC(=O)c2ccccc2)(n2cnc3c(Cl)nc(I)nc32)O1. The van der Waals surface area contributed by atoms with Crippen LogP contribution in [0.2, 0.25) is 5.15 Å². The Morgan fingerprint density at radius 2 is 1.72 bits per heavy atom. The molecule has 2 aromatic heterocycles. The molecule has 0 aliphatic carbocycles. The largest absolute Gasteiger partial charge is 0.449 e. The highest BCUT2D eigenvalue weighted by molar-refractivity contribution is 14.1. The molecular formula is C26H21ClIN5O6. The molecule has 0 spiro atoms. The third-order valence-corrected chi connectivity index (χ3v) is 6.70. The van der Waals surface area contributed by atoms with Gasteiger partial charge in [-0.1, -0.05) is 48.0 Å². The van der Waals surface area contributed by atoms with Crippen LogP contribution < -0.4 is 5.32 Å². The van der Waals surface area contributed by atoms with Crippen LogP contribution in [0.15, 0.2) is 67.0 Å². The Morgan fingerprint density at radius 3 is 2.36 bits per heavy atom. The third kappa shape index (κ3) is 5.31. The van der Waals surface area contributed by atoms with Crippen molar-refractivity contribution < 1.29 is 28.6 Å². The Bertz CT molecular complexity index is 1540. The lowest BCUT2D eigenvalue weighted by atomic mass is 10.1. The van der Waals surface area contributed by atoms with Crippen molar-refractivity contribution >= 4 is 63.2 Å². The number of hydrogen-bond acceptors (Lipinski definition) is 9.